The maximum atomic E-state index is 13.7. The minimum atomic E-state index is -1.11. The number of ether oxygens (including phenoxy) is 2. The van der Waals surface area contributed by atoms with Gasteiger partial charge in [-0.25, -0.2) is 14.2 Å². The molecule has 0 radical (unpaired) electrons. The predicted octanol–water partition coefficient (Wildman–Crippen LogP) is 4.79. The minimum absolute atomic E-state index is 0.0726. The highest BCUT2D eigenvalue weighted by Gasteiger charge is 2.48. The number of benzene rings is 2. The molecule has 1 amide bonds. The zero-order valence-electron chi connectivity index (χ0n) is 19.8. The van der Waals surface area contributed by atoms with Crippen LogP contribution in [0.5, 0.6) is 5.75 Å². The van der Waals surface area contributed by atoms with Gasteiger partial charge in [0.25, 0.3) is 5.78 Å². The number of carbonyl (C=O) groups excluding carboxylic acids is 3. The van der Waals surface area contributed by atoms with E-state index in [-0.39, 0.29) is 21.1 Å². The fraction of sp³-hybridized carbons (Fsp3) is 0.231. The van der Waals surface area contributed by atoms with Gasteiger partial charge < -0.3 is 14.6 Å². The SMILES string of the molecule is CCCOc1cccc(/C(O)=C2\C(=O)C(=O)N(c3nc(C)c(C(=O)OC)s3)C2c2ccc(F)cc2)c1. The molecule has 1 N–H and O–H groups in total. The van der Waals surface area contributed by atoms with Crippen LogP contribution in [-0.4, -0.2) is 41.5 Å². The normalized spacial score (nSPS) is 16.9. The number of amides is 1. The van der Waals surface area contributed by atoms with E-state index in [1.807, 2.05) is 6.92 Å². The monoisotopic (exact) mass is 510 g/mol. The molecular weight excluding hydrogens is 487 g/mol. The molecule has 186 valence electrons. The molecule has 10 heteroatoms. The van der Waals surface area contributed by atoms with Gasteiger partial charge in [-0.1, -0.05) is 42.5 Å². The van der Waals surface area contributed by atoms with Crippen molar-refractivity contribution in [3.8, 4) is 5.75 Å². The lowest BCUT2D eigenvalue weighted by molar-refractivity contribution is -0.132. The molecule has 0 bridgehead atoms. The molecule has 4 rings (SSSR count). The number of thiazole rings is 1. The number of rotatable bonds is 7. The second kappa shape index (κ2) is 10.3. The number of Topliss-reactive ketones (excluding diaryl/α,β-unsaturated/α-hetero) is 1. The quantitative estimate of drug-likeness (QED) is 0.211. The Kier molecular flexibility index (Phi) is 7.16. The number of carbonyl (C=O) groups is 3. The van der Waals surface area contributed by atoms with Gasteiger partial charge in [-0.2, -0.15) is 0 Å². The number of methoxy groups -OCH3 is 1. The third kappa shape index (κ3) is 4.59. The fourth-order valence-corrected chi connectivity index (χ4v) is 4.88. The van der Waals surface area contributed by atoms with Crippen LogP contribution in [0, 0.1) is 12.7 Å². The summed E-state index contributed by atoms with van der Waals surface area (Å²) in [6, 6.07) is 10.7. The molecule has 1 aliphatic rings. The van der Waals surface area contributed by atoms with Crippen molar-refractivity contribution in [3.63, 3.8) is 0 Å². The Hall–Kier alpha value is -4.05. The number of aliphatic hydroxyl groups excluding tert-OH is 1. The highest BCUT2D eigenvalue weighted by Crippen LogP contribution is 2.44. The summed E-state index contributed by atoms with van der Waals surface area (Å²) in [5.74, 6) is -2.92. The van der Waals surface area contributed by atoms with Gasteiger partial charge in [-0.05, 0) is 43.2 Å². The summed E-state index contributed by atoms with van der Waals surface area (Å²) in [6.07, 6.45) is 0.784. The summed E-state index contributed by atoms with van der Waals surface area (Å²) in [7, 11) is 1.23. The van der Waals surface area contributed by atoms with Gasteiger partial charge in [-0.3, -0.25) is 14.5 Å². The van der Waals surface area contributed by atoms with E-state index in [1.165, 1.54) is 31.4 Å². The number of hydrogen-bond donors (Lipinski definition) is 1. The van der Waals surface area contributed by atoms with E-state index in [2.05, 4.69) is 4.98 Å². The standard InChI is InChI=1S/C26H23FN2O6S/c1-4-12-35-18-7-5-6-16(13-18)21(30)19-20(15-8-10-17(27)11-9-15)29(24(32)22(19)31)26-28-14(2)23(36-26)25(33)34-3/h5-11,13,20,30H,4,12H2,1-3H3/b21-19+. The van der Waals surface area contributed by atoms with E-state index in [9.17, 15) is 23.9 Å². The van der Waals surface area contributed by atoms with Gasteiger partial charge in [0, 0.05) is 5.56 Å². The lowest BCUT2D eigenvalue weighted by Crippen LogP contribution is -2.29. The van der Waals surface area contributed by atoms with E-state index < -0.39 is 35.3 Å². The average molecular weight is 511 g/mol. The van der Waals surface area contributed by atoms with Gasteiger partial charge in [0.05, 0.1) is 31.0 Å². The molecule has 0 spiro atoms. The number of aromatic nitrogens is 1. The topological polar surface area (TPSA) is 106 Å². The van der Waals surface area contributed by atoms with Crippen LogP contribution in [0.4, 0.5) is 9.52 Å². The maximum Gasteiger partial charge on any atom is 0.350 e. The van der Waals surface area contributed by atoms with Crippen molar-refractivity contribution in [1.29, 1.82) is 0 Å². The largest absolute Gasteiger partial charge is 0.507 e. The maximum absolute atomic E-state index is 13.7. The Morgan fingerprint density at radius 2 is 1.92 bits per heavy atom. The van der Waals surface area contributed by atoms with E-state index in [0.717, 1.165) is 22.7 Å². The number of halogens is 1. The number of aliphatic hydroxyl groups is 1. The van der Waals surface area contributed by atoms with Crippen molar-refractivity contribution in [3.05, 3.63) is 81.6 Å². The first-order valence-corrected chi connectivity index (χ1v) is 11.9. The first-order valence-electron chi connectivity index (χ1n) is 11.1. The second-order valence-corrected chi connectivity index (χ2v) is 8.98. The van der Waals surface area contributed by atoms with Crippen LogP contribution in [-0.2, 0) is 14.3 Å². The predicted molar refractivity (Wildman–Crippen MR) is 132 cm³/mol. The molecule has 8 nitrogen and oxygen atoms in total. The zero-order chi connectivity index (χ0) is 26.0. The second-order valence-electron chi connectivity index (χ2n) is 8.00. The lowest BCUT2D eigenvalue weighted by Gasteiger charge is -2.23. The minimum Gasteiger partial charge on any atom is -0.507 e. The van der Waals surface area contributed by atoms with Crippen molar-refractivity contribution < 1.29 is 33.4 Å². The molecule has 0 aliphatic carbocycles. The Morgan fingerprint density at radius 1 is 1.19 bits per heavy atom. The van der Waals surface area contributed by atoms with Gasteiger partial charge in [-0.15, -0.1) is 0 Å². The number of anilines is 1. The summed E-state index contributed by atoms with van der Waals surface area (Å²) in [5.41, 5.74) is 0.788. The molecule has 1 aromatic heterocycles. The zero-order valence-corrected chi connectivity index (χ0v) is 20.6. The van der Waals surface area contributed by atoms with Crippen LogP contribution in [0.25, 0.3) is 5.76 Å². The lowest BCUT2D eigenvalue weighted by atomic mass is 9.95. The van der Waals surface area contributed by atoms with Crippen molar-refractivity contribution >= 4 is 39.9 Å². The molecule has 2 heterocycles. The first-order chi connectivity index (χ1) is 17.3. The number of nitrogens with zero attached hydrogens (tertiary/aromatic N) is 2. The molecule has 1 saturated heterocycles. The van der Waals surface area contributed by atoms with E-state index >= 15 is 0 Å². The summed E-state index contributed by atoms with van der Waals surface area (Å²) in [4.78, 5) is 44.3. The molecule has 1 atom stereocenters. The average Bonchev–Trinajstić information content (AvgIpc) is 3.39. The van der Waals surface area contributed by atoms with Crippen LogP contribution in [0.3, 0.4) is 0 Å². The summed E-state index contributed by atoms with van der Waals surface area (Å²) in [5, 5.41) is 11.3. The van der Waals surface area contributed by atoms with Crippen molar-refractivity contribution in [1.82, 2.24) is 4.98 Å². The molecule has 0 saturated carbocycles. The molecule has 1 fully saturated rings. The summed E-state index contributed by atoms with van der Waals surface area (Å²) < 4.78 is 24.1. The van der Waals surface area contributed by atoms with E-state index in [0.29, 0.717) is 23.6 Å². The first kappa shape index (κ1) is 25.1. The Morgan fingerprint density at radius 3 is 2.58 bits per heavy atom. The number of esters is 1. The molecule has 3 aromatic rings. The third-order valence-electron chi connectivity index (χ3n) is 5.57. The van der Waals surface area contributed by atoms with Crippen LogP contribution >= 0.6 is 11.3 Å². The van der Waals surface area contributed by atoms with E-state index in [1.54, 1.807) is 31.2 Å². The van der Waals surface area contributed by atoms with Crippen LogP contribution in [0.15, 0.2) is 54.1 Å². The van der Waals surface area contributed by atoms with Crippen LogP contribution in [0.1, 0.15) is 45.9 Å². The highest BCUT2D eigenvalue weighted by atomic mass is 32.1. The molecular formula is C26H23FN2O6S. The van der Waals surface area contributed by atoms with Gasteiger partial charge in [0.15, 0.2) is 5.13 Å². The molecule has 36 heavy (non-hydrogen) atoms. The van der Waals surface area contributed by atoms with Crippen molar-refractivity contribution in [2.75, 3.05) is 18.6 Å². The van der Waals surface area contributed by atoms with Gasteiger partial charge in [0.2, 0.25) is 0 Å². The Bertz CT molecular complexity index is 1370. The number of hydrogen-bond acceptors (Lipinski definition) is 8. The Labute approximate surface area is 210 Å². The van der Waals surface area contributed by atoms with Gasteiger partial charge in [0.1, 0.15) is 22.2 Å². The third-order valence-corrected chi connectivity index (χ3v) is 6.71. The van der Waals surface area contributed by atoms with Crippen LogP contribution in [0.2, 0.25) is 0 Å². The fourth-order valence-electron chi connectivity index (χ4n) is 3.87. The molecule has 2 aromatic carbocycles. The number of aryl methyl sites for hydroxylation is 1. The van der Waals surface area contributed by atoms with E-state index in [4.69, 9.17) is 9.47 Å². The summed E-state index contributed by atoms with van der Waals surface area (Å²) in [6.45, 7) is 4.01. The number of ketones is 1. The van der Waals surface area contributed by atoms with Crippen LogP contribution < -0.4 is 9.64 Å². The molecule has 1 unspecified atom stereocenters. The van der Waals surface area contributed by atoms with Gasteiger partial charge >= 0.3 is 11.9 Å². The van der Waals surface area contributed by atoms with Crippen molar-refractivity contribution in [2.24, 2.45) is 0 Å². The molecule has 1 aliphatic heterocycles. The summed E-state index contributed by atoms with van der Waals surface area (Å²) >= 11 is 0.887. The van der Waals surface area contributed by atoms with Crippen molar-refractivity contribution in [2.45, 2.75) is 26.3 Å². The Balaban J connectivity index is 1.89. The smallest absolute Gasteiger partial charge is 0.350 e. The highest BCUT2D eigenvalue weighted by molar-refractivity contribution is 7.17.